The molecule has 0 atom stereocenters. The van der Waals surface area contributed by atoms with Crippen molar-refractivity contribution in [2.45, 2.75) is 26.2 Å². The van der Waals surface area contributed by atoms with Crippen molar-refractivity contribution in [2.75, 3.05) is 0 Å². The van der Waals surface area contributed by atoms with Crippen LogP contribution in [0.1, 0.15) is 26.2 Å². The molecule has 0 fully saturated rings. The highest BCUT2D eigenvalue weighted by Gasteiger charge is 1.68. The fourth-order valence-electron chi connectivity index (χ4n) is 0.177. The van der Waals surface area contributed by atoms with E-state index in [1.807, 2.05) is 0 Å². The van der Waals surface area contributed by atoms with Gasteiger partial charge in [-0.2, -0.15) is 0 Å². The van der Waals surface area contributed by atoms with Gasteiger partial charge in [-0.1, -0.05) is 19.8 Å². The molecule has 0 spiro atoms. The highest BCUT2D eigenvalue weighted by atomic mass is 13.7. The Morgan fingerprint density at radius 3 is 2.20 bits per heavy atom. The fourth-order valence-corrected chi connectivity index (χ4v) is 0.177. The van der Waals surface area contributed by atoms with Crippen molar-refractivity contribution in [3.63, 3.8) is 0 Å². The van der Waals surface area contributed by atoms with Gasteiger partial charge in [0.25, 0.3) is 0 Å². The first kappa shape index (κ1) is 5.00. The quantitative estimate of drug-likeness (QED) is 0.463. The van der Waals surface area contributed by atoms with Gasteiger partial charge in [0, 0.05) is 0 Å². The van der Waals surface area contributed by atoms with Gasteiger partial charge in [0.2, 0.25) is 0 Å². The van der Waals surface area contributed by atoms with E-state index in [1.165, 1.54) is 0 Å². The zero-order valence-electron chi connectivity index (χ0n) is 3.62. The van der Waals surface area contributed by atoms with Crippen molar-refractivity contribution in [3.05, 3.63) is 6.92 Å². The van der Waals surface area contributed by atoms with Crippen LogP contribution in [0, 0.1) is 6.92 Å². The maximum absolute atomic E-state index is 6.60. The maximum Gasteiger partial charge on any atom is -0.00936 e. The Labute approximate surface area is 34.2 Å². The first-order valence-electron chi connectivity index (χ1n) is 2.06. The van der Waals surface area contributed by atoms with Crippen LogP contribution < -0.4 is 0 Å². The third-order valence-electron chi connectivity index (χ3n) is 0.530. The fraction of sp³-hybridized carbons (Fsp3) is 0.800. The van der Waals surface area contributed by atoms with Gasteiger partial charge in [0.1, 0.15) is 0 Å². The molecular weight excluding hydrogens is 60.1 g/mol. The van der Waals surface area contributed by atoms with Gasteiger partial charge < -0.3 is 0 Å². The van der Waals surface area contributed by atoms with E-state index in [4.69, 9.17) is 6.92 Å². The SMILES string of the molecule is [C]CCCC. The Morgan fingerprint density at radius 2 is 2.20 bits per heavy atom. The molecule has 0 nitrogen and oxygen atoms in total. The zero-order valence-corrected chi connectivity index (χ0v) is 3.62. The van der Waals surface area contributed by atoms with E-state index >= 15 is 0 Å². The van der Waals surface area contributed by atoms with E-state index in [1.54, 1.807) is 0 Å². The van der Waals surface area contributed by atoms with E-state index in [2.05, 4.69) is 6.92 Å². The minimum absolute atomic E-state index is 0.594. The Hall–Kier alpha value is 0. The Bertz CT molecular complexity index is 7.51. The summed E-state index contributed by atoms with van der Waals surface area (Å²) < 4.78 is 0. The first-order chi connectivity index (χ1) is 2.41. The molecule has 29 valence electrons. The van der Waals surface area contributed by atoms with Gasteiger partial charge >= 0.3 is 0 Å². The summed E-state index contributed by atoms with van der Waals surface area (Å²) in [4.78, 5) is 0. The molecule has 0 unspecified atom stereocenters. The molecule has 0 N–H and O–H groups in total. The molecule has 0 rings (SSSR count). The standard InChI is InChI=1S/C5H9/c1-3-5-4-2/h3-5H2,1H3. The lowest BCUT2D eigenvalue weighted by Gasteiger charge is -1.78. The Balaban J connectivity index is 2.19. The topological polar surface area (TPSA) is 0 Å². The molecule has 0 aromatic carbocycles. The molecule has 0 aliphatic heterocycles. The second-order valence-electron chi connectivity index (χ2n) is 1.10. The van der Waals surface area contributed by atoms with Gasteiger partial charge in [-0.3, -0.25) is 0 Å². The molecule has 0 aliphatic carbocycles. The largest absolute Gasteiger partial charge is 0.0654 e. The smallest absolute Gasteiger partial charge is 0.00936 e. The molecule has 0 bridgehead atoms. The predicted molar refractivity (Wildman–Crippen MR) is 22.8 cm³/mol. The second kappa shape index (κ2) is 4.00. The summed E-state index contributed by atoms with van der Waals surface area (Å²) in [6.07, 6.45) is 2.81. The zero-order chi connectivity index (χ0) is 4.12. The van der Waals surface area contributed by atoms with Gasteiger partial charge in [0.15, 0.2) is 0 Å². The van der Waals surface area contributed by atoms with Crippen molar-refractivity contribution < 1.29 is 0 Å². The molecule has 5 heavy (non-hydrogen) atoms. The van der Waals surface area contributed by atoms with Crippen LogP contribution in [-0.2, 0) is 0 Å². The van der Waals surface area contributed by atoms with Crippen molar-refractivity contribution in [1.29, 1.82) is 0 Å². The van der Waals surface area contributed by atoms with Crippen molar-refractivity contribution in [2.24, 2.45) is 0 Å². The van der Waals surface area contributed by atoms with Crippen LogP contribution in [0.2, 0.25) is 0 Å². The monoisotopic (exact) mass is 69.1 g/mol. The highest BCUT2D eigenvalue weighted by Crippen LogP contribution is 1.87. The molecule has 0 amide bonds. The third-order valence-corrected chi connectivity index (χ3v) is 0.530. The van der Waals surface area contributed by atoms with Crippen LogP contribution in [0.4, 0.5) is 0 Å². The van der Waals surface area contributed by atoms with Gasteiger partial charge in [-0.15, -0.1) is 0 Å². The molecule has 0 saturated carbocycles. The summed E-state index contributed by atoms with van der Waals surface area (Å²) >= 11 is 0. The number of hydrogen-bond acceptors (Lipinski definition) is 0. The number of unbranched alkanes of at least 4 members (excludes halogenated alkanes) is 2. The molecular formula is C5H9. The number of rotatable bonds is 2. The summed E-state index contributed by atoms with van der Waals surface area (Å²) in [7, 11) is 0. The van der Waals surface area contributed by atoms with Crippen LogP contribution in [0.3, 0.4) is 0 Å². The summed E-state index contributed by atoms with van der Waals surface area (Å²) in [5.74, 6) is 0. The van der Waals surface area contributed by atoms with E-state index in [0.717, 1.165) is 12.8 Å². The van der Waals surface area contributed by atoms with E-state index in [0.29, 0.717) is 6.42 Å². The molecule has 0 aromatic heterocycles. The van der Waals surface area contributed by atoms with Gasteiger partial charge in [-0.05, 0) is 13.3 Å². The van der Waals surface area contributed by atoms with Crippen LogP contribution in [0.5, 0.6) is 0 Å². The van der Waals surface area contributed by atoms with E-state index in [9.17, 15) is 0 Å². The van der Waals surface area contributed by atoms with E-state index < -0.39 is 0 Å². The molecule has 0 aliphatic rings. The van der Waals surface area contributed by atoms with Crippen LogP contribution in [0.15, 0.2) is 0 Å². The predicted octanol–water partition coefficient (Wildman–Crippen LogP) is 1.76. The lowest BCUT2D eigenvalue weighted by Crippen LogP contribution is -1.59. The van der Waals surface area contributed by atoms with Gasteiger partial charge in [0.05, 0.1) is 0 Å². The summed E-state index contributed by atoms with van der Waals surface area (Å²) in [6, 6.07) is 0. The van der Waals surface area contributed by atoms with Crippen molar-refractivity contribution in [1.82, 2.24) is 0 Å². The summed E-state index contributed by atoms with van der Waals surface area (Å²) in [5.41, 5.74) is 0. The third kappa shape index (κ3) is 4.00. The Kier molecular flexibility index (Phi) is 4.00. The lowest BCUT2D eigenvalue weighted by molar-refractivity contribution is 0.813. The molecule has 0 aromatic rings. The van der Waals surface area contributed by atoms with E-state index in [-0.39, 0.29) is 0 Å². The highest BCUT2D eigenvalue weighted by molar-refractivity contribution is 4.35. The summed E-state index contributed by atoms with van der Waals surface area (Å²) in [6.45, 7) is 8.69. The number of hydrogen-bond donors (Lipinski definition) is 0. The average Bonchev–Trinajstić information content (AvgIpc) is 1.41. The minimum atomic E-state index is 0.594. The van der Waals surface area contributed by atoms with Gasteiger partial charge in [-0.25, -0.2) is 0 Å². The Morgan fingerprint density at radius 1 is 1.60 bits per heavy atom. The second-order valence-corrected chi connectivity index (χ2v) is 1.10. The molecule has 0 heterocycles. The first-order valence-corrected chi connectivity index (χ1v) is 2.06. The summed E-state index contributed by atoms with van der Waals surface area (Å²) in [5, 5.41) is 0. The molecule has 3 radical (unpaired) electrons. The van der Waals surface area contributed by atoms with Crippen LogP contribution in [-0.4, -0.2) is 0 Å². The minimum Gasteiger partial charge on any atom is -0.0654 e. The van der Waals surface area contributed by atoms with Crippen molar-refractivity contribution >= 4 is 0 Å². The lowest BCUT2D eigenvalue weighted by atomic mass is 10.3. The van der Waals surface area contributed by atoms with Crippen molar-refractivity contribution in [3.8, 4) is 0 Å². The molecule has 0 heteroatoms. The van der Waals surface area contributed by atoms with Crippen LogP contribution >= 0.6 is 0 Å². The normalized spacial score (nSPS) is 8.40. The maximum atomic E-state index is 6.60. The molecule has 0 saturated heterocycles. The van der Waals surface area contributed by atoms with Crippen LogP contribution in [0.25, 0.3) is 0 Å². The average molecular weight is 69.1 g/mol.